The molecule has 1 aliphatic heterocycles. The maximum atomic E-state index is 14.0. The van der Waals surface area contributed by atoms with Crippen molar-refractivity contribution in [3.63, 3.8) is 0 Å². The molecule has 154 valence electrons. The molecule has 0 radical (unpaired) electrons. The van der Waals surface area contributed by atoms with Crippen molar-refractivity contribution in [2.75, 3.05) is 36.5 Å². The summed E-state index contributed by atoms with van der Waals surface area (Å²) in [4.78, 5) is 14.6. The van der Waals surface area contributed by atoms with E-state index < -0.39 is 12.0 Å². The number of nitrogens with one attached hydrogen (secondary N) is 1. The quantitative estimate of drug-likeness (QED) is 0.758. The Labute approximate surface area is 177 Å². The van der Waals surface area contributed by atoms with E-state index >= 15 is 0 Å². The van der Waals surface area contributed by atoms with E-state index in [9.17, 15) is 9.18 Å². The second kappa shape index (κ2) is 11.2. The van der Waals surface area contributed by atoms with Crippen molar-refractivity contribution in [1.29, 1.82) is 0 Å². The Morgan fingerprint density at radius 1 is 1.14 bits per heavy atom. The lowest BCUT2D eigenvalue weighted by Crippen LogP contribution is -2.36. The number of benzene rings is 2. The van der Waals surface area contributed by atoms with Gasteiger partial charge in [0.25, 0.3) is 0 Å². The molecule has 3 N–H and O–H groups in total. The smallest absolute Gasteiger partial charge is 0.229 e. The molecule has 1 aliphatic rings. The molecule has 0 spiro atoms. The van der Waals surface area contributed by atoms with Gasteiger partial charge in [0.2, 0.25) is 5.91 Å². The van der Waals surface area contributed by atoms with Gasteiger partial charge in [-0.3, -0.25) is 4.79 Å². The van der Waals surface area contributed by atoms with Crippen LogP contribution in [0.15, 0.2) is 48.5 Å². The van der Waals surface area contributed by atoms with Crippen LogP contribution in [0, 0.1) is 11.7 Å². The molecule has 0 aromatic heterocycles. The van der Waals surface area contributed by atoms with Crippen LogP contribution in [0.4, 0.5) is 15.8 Å². The van der Waals surface area contributed by atoms with Gasteiger partial charge in [-0.1, -0.05) is 37.3 Å². The van der Waals surface area contributed by atoms with Gasteiger partial charge in [-0.15, -0.1) is 24.8 Å². The minimum absolute atomic E-state index is 0. The van der Waals surface area contributed by atoms with Crippen LogP contribution in [0.2, 0.25) is 0 Å². The van der Waals surface area contributed by atoms with Crippen molar-refractivity contribution in [3.05, 3.63) is 59.9 Å². The first-order valence-electron chi connectivity index (χ1n) is 8.79. The van der Waals surface area contributed by atoms with Crippen molar-refractivity contribution < 1.29 is 13.9 Å². The van der Waals surface area contributed by atoms with E-state index in [1.165, 1.54) is 12.1 Å². The van der Waals surface area contributed by atoms with Gasteiger partial charge in [0.15, 0.2) is 0 Å². The molecule has 1 saturated heterocycles. The monoisotopic (exact) mass is 429 g/mol. The Morgan fingerprint density at radius 2 is 1.79 bits per heavy atom. The van der Waals surface area contributed by atoms with Crippen LogP contribution in [0.25, 0.3) is 0 Å². The average Bonchev–Trinajstić information content (AvgIpc) is 2.67. The van der Waals surface area contributed by atoms with Crippen LogP contribution in [0.3, 0.4) is 0 Å². The molecule has 8 heteroatoms. The topological polar surface area (TPSA) is 67.6 Å². The van der Waals surface area contributed by atoms with Gasteiger partial charge in [-0.05, 0) is 23.8 Å². The molecular weight excluding hydrogens is 404 g/mol. The highest BCUT2D eigenvalue weighted by molar-refractivity contribution is 5.93. The van der Waals surface area contributed by atoms with Gasteiger partial charge in [-0.2, -0.15) is 0 Å². The third-order valence-electron chi connectivity index (χ3n) is 4.66. The SMILES string of the molecule is CC(C(=O)Nc1cc(F)cc(N2CCOCC2)c1)C(N)c1ccccc1.Cl.Cl. The summed E-state index contributed by atoms with van der Waals surface area (Å²) in [7, 11) is 0. The third kappa shape index (κ3) is 6.07. The predicted molar refractivity (Wildman–Crippen MR) is 115 cm³/mol. The molecule has 2 unspecified atom stereocenters. The Hall–Kier alpha value is -1.86. The fourth-order valence-electron chi connectivity index (χ4n) is 3.03. The molecule has 0 bridgehead atoms. The molecule has 1 amide bonds. The molecule has 2 aromatic carbocycles. The number of rotatable bonds is 5. The number of anilines is 2. The first-order valence-corrected chi connectivity index (χ1v) is 8.79. The molecule has 1 fully saturated rings. The highest BCUT2D eigenvalue weighted by atomic mass is 35.5. The molecule has 5 nitrogen and oxygen atoms in total. The summed E-state index contributed by atoms with van der Waals surface area (Å²) in [5, 5.41) is 2.80. The van der Waals surface area contributed by atoms with Gasteiger partial charge in [0, 0.05) is 30.5 Å². The van der Waals surface area contributed by atoms with E-state index in [1.807, 2.05) is 35.2 Å². The summed E-state index contributed by atoms with van der Waals surface area (Å²) in [5.74, 6) is -1.07. The summed E-state index contributed by atoms with van der Waals surface area (Å²) in [5.41, 5.74) is 8.28. The Kier molecular flexibility index (Phi) is 9.69. The number of halogens is 3. The fraction of sp³-hybridized carbons (Fsp3) is 0.350. The maximum absolute atomic E-state index is 14.0. The molecule has 0 saturated carbocycles. The summed E-state index contributed by atoms with van der Waals surface area (Å²) < 4.78 is 19.4. The number of nitrogens with zero attached hydrogens (tertiary/aromatic N) is 1. The minimum Gasteiger partial charge on any atom is -0.378 e. The van der Waals surface area contributed by atoms with Crippen molar-refractivity contribution in [2.45, 2.75) is 13.0 Å². The lowest BCUT2D eigenvalue weighted by molar-refractivity contribution is -0.120. The summed E-state index contributed by atoms with van der Waals surface area (Å²) in [6, 6.07) is 13.6. The second-order valence-electron chi connectivity index (χ2n) is 6.51. The lowest BCUT2D eigenvalue weighted by atomic mass is 9.94. The van der Waals surface area contributed by atoms with Crippen molar-refractivity contribution >= 4 is 42.1 Å². The van der Waals surface area contributed by atoms with Crippen LogP contribution < -0.4 is 16.0 Å². The van der Waals surface area contributed by atoms with Crippen molar-refractivity contribution in [3.8, 4) is 0 Å². The zero-order chi connectivity index (χ0) is 18.5. The van der Waals surface area contributed by atoms with E-state index in [-0.39, 0.29) is 36.5 Å². The minimum atomic E-state index is -0.451. The van der Waals surface area contributed by atoms with E-state index in [0.717, 1.165) is 11.3 Å². The number of nitrogens with two attached hydrogens (primary N) is 1. The zero-order valence-corrected chi connectivity index (χ0v) is 17.3. The summed E-state index contributed by atoms with van der Waals surface area (Å²) in [6.07, 6.45) is 0. The Bertz CT molecular complexity index is 758. The van der Waals surface area contributed by atoms with E-state index in [2.05, 4.69) is 5.32 Å². The van der Waals surface area contributed by atoms with Gasteiger partial charge in [-0.25, -0.2) is 4.39 Å². The Morgan fingerprint density at radius 3 is 2.43 bits per heavy atom. The van der Waals surface area contributed by atoms with Crippen LogP contribution in [-0.4, -0.2) is 32.2 Å². The maximum Gasteiger partial charge on any atom is 0.229 e. The molecule has 28 heavy (non-hydrogen) atoms. The van der Waals surface area contributed by atoms with Gasteiger partial charge >= 0.3 is 0 Å². The first kappa shape index (κ1) is 24.2. The van der Waals surface area contributed by atoms with Gasteiger partial charge in [0.05, 0.1) is 19.1 Å². The van der Waals surface area contributed by atoms with E-state index in [4.69, 9.17) is 10.5 Å². The summed E-state index contributed by atoms with van der Waals surface area (Å²) in [6.45, 7) is 4.40. The highest BCUT2D eigenvalue weighted by Crippen LogP contribution is 2.25. The average molecular weight is 430 g/mol. The van der Waals surface area contributed by atoms with Gasteiger partial charge in [0.1, 0.15) is 5.82 Å². The molecule has 2 aromatic rings. The van der Waals surface area contributed by atoms with Crippen molar-refractivity contribution in [1.82, 2.24) is 0 Å². The number of ether oxygens (including phenoxy) is 1. The summed E-state index contributed by atoms with van der Waals surface area (Å²) >= 11 is 0. The molecule has 3 rings (SSSR count). The van der Waals surface area contributed by atoms with Crippen LogP contribution in [-0.2, 0) is 9.53 Å². The van der Waals surface area contributed by atoms with Crippen LogP contribution in [0.1, 0.15) is 18.5 Å². The molecule has 1 heterocycles. The van der Waals surface area contributed by atoms with Crippen molar-refractivity contribution in [2.24, 2.45) is 11.7 Å². The Balaban J connectivity index is 0.00000196. The number of hydrogen-bond acceptors (Lipinski definition) is 4. The largest absolute Gasteiger partial charge is 0.378 e. The number of carbonyl (C=O) groups is 1. The second-order valence-corrected chi connectivity index (χ2v) is 6.51. The normalized spacial score (nSPS) is 15.6. The molecule has 0 aliphatic carbocycles. The molecule has 2 atom stereocenters. The number of amides is 1. The lowest BCUT2D eigenvalue weighted by Gasteiger charge is -2.29. The van der Waals surface area contributed by atoms with E-state index in [0.29, 0.717) is 32.0 Å². The fourth-order valence-corrected chi connectivity index (χ4v) is 3.03. The first-order chi connectivity index (χ1) is 12.5. The number of hydrogen-bond donors (Lipinski definition) is 2. The number of morpholine rings is 1. The molecular formula is C20H26Cl2FN3O2. The highest BCUT2D eigenvalue weighted by Gasteiger charge is 2.23. The van der Waals surface area contributed by atoms with Gasteiger partial charge < -0.3 is 20.7 Å². The van der Waals surface area contributed by atoms with Crippen LogP contribution >= 0.6 is 24.8 Å². The third-order valence-corrected chi connectivity index (χ3v) is 4.66. The predicted octanol–water partition coefficient (Wildman–Crippen LogP) is 3.78. The standard InChI is InChI=1S/C20H24FN3O2.2ClH/c1-14(19(22)15-5-3-2-4-6-15)20(25)23-17-11-16(21)12-18(13-17)24-7-9-26-10-8-24;;/h2-6,11-14,19H,7-10,22H2,1H3,(H,23,25);2*1H. The van der Waals surface area contributed by atoms with E-state index in [1.54, 1.807) is 13.0 Å². The van der Waals surface area contributed by atoms with Crippen LogP contribution in [0.5, 0.6) is 0 Å². The zero-order valence-electron chi connectivity index (χ0n) is 15.6. The number of carbonyl (C=O) groups excluding carboxylic acids is 1.